The van der Waals surface area contributed by atoms with Crippen LogP contribution in [0.5, 0.6) is 0 Å². The highest BCUT2D eigenvalue weighted by atomic mass is 19.1. The first kappa shape index (κ1) is 15.0. The Balaban J connectivity index is 1.99. The van der Waals surface area contributed by atoms with Crippen molar-refractivity contribution in [2.75, 3.05) is 5.32 Å². The Morgan fingerprint density at radius 2 is 1.81 bits per heavy atom. The predicted octanol–water partition coefficient (Wildman–Crippen LogP) is 2.69. The molecule has 0 bridgehead atoms. The van der Waals surface area contributed by atoms with Crippen molar-refractivity contribution in [1.29, 1.82) is 0 Å². The molecule has 4 N–H and O–H groups in total. The van der Waals surface area contributed by atoms with Crippen molar-refractivity contribution >= 4 is 11.6 Å². The summed E-state index contributed by atoms with van der Waals surface area (Å²) in [6, 6.07) is 16.1. The molecular weight excluding hydrogens is 267 g/mol. The lowest BCUT2D eigenvalue weighted by Crippen LogP contribution is -2.37. The number of nitrogens with one attached hydrogen (secondary N) is 2. The Bertz CT molecular complexity index is 581. The van der Waals surface area contributed by atoms with Crippen LogP contribution in [-0.2, 0) is 6.42 Å². The van der Waals surface area contributed by atoms with Crippen molar-refractivity contribution < 1.29 is 4.39 Å². The Labute approximate surface area is 123 Å². The first-order valence-electron chi connectivity index (χ1n) is 6.78. The summed E-state index contributed by atoms with van der Waals surface area (Å²) in [4.78, 5) is 4.48. The summed E-state index contributed by atoms with van der Waals surface area (Å²) in [5.74, 6) is 5.75. The van der Waals surface area contributed by atoms with Gasteiger partial charge in [0.1, 0.15) is 5.82 Å². The second-order valence-corrected chi connectivity index (χ2v) is 4.79. The molecule has 1 unspecified atom stereocenters. The van der Waals surface area contributed by atoms with Crippen molar-refractivity contribution in [3.05, 3.63) is 66.0 Å². The Kier molecular flexibility index (Phi) is 5.29. The molecule has 0 spiro atoms. The fourth-order valence-corrected chi connectivity index (χ4v) is 1.99. The van der Waals surface area contributed by atoms with E-state index >= 15 is 0 Å². The van der Waals surface area contributed by atoms with Crippen LogP contribution in [0.25, 0.3) is 0 Å². The zero-order valence-electron chi connectivity index (χ0n) is 11.9. The first-order valence-corrected chi connectivity index (χ1v) is 6.78. The van der Waals surface area contributed by atoms with Gasteiger partial charge < -0.3 is 5.32 Å². The molecule has 0 aliphatic heterocycles. The molecule has 2 aromatic rings. The number of aliphatic imine (C=N–C) groups is 1. The number of benzene rings is 2. The quantitative estimate of drug-likeness (QED) is 0.350. The molecule has 0 amide bonds. The molecule has 21 heavy (non-hydrogen) atoms. The Hall–Kier alpha value is -2.40. The van der Waals surface area contributed by atoms with E-state index in [1.807, 2.05) is 37.3 Å². The number of anilines is 1. The summed E-state index contributed by atoms with van der Waals surface area (Å²) in [6.07, 6.45) is 0.710. The van der Waals surface area contributed by atoms with E-state index in [-0.39, 0.29) is 11.9 Å². The summed E-state index contributed by atoms with van der Waals surface area (Å²) in [6.45, 7) is 1.98. The number of hydrogen-bond donors (Lipinski definition) is 3. The SMILES string of the molecule is CC(Cc1ccc(F)cc1)N=C(NN)Nc1ccccc1. The second-order valence-electron chi connectivity index (χ2n) is 4.79. The number of rotatable bonds is 4. The Morgan fingerprint density at radius 1 is 1.14 bits per heavy atom. The average molecular weight is 286 g/mol. The van der Waals surface area contributed by atoms with Crippen LogP contribution in [0.3, 0.4) is 0 Å². The molecule has 0 aliphatic carbocycles. The van der Waals surface area contributed by atoms with Gasteiger partial charge in [-0.1, -0.05) is 30.3 Å². The van der Waals surface area contributed by atoms with Crippen molar-refractivity contribution in [2.24, 2.45) is 10.8 Å². The van der Waals surface area contributed by atoms with Crippen molar-refractivity contribution in [2.45, 2.75) is 19.4 Å². The number of hydrazine groups is 1. The Morgan fingerprint density at radius 3 is 2.43 bits per heavy atom. The maximum atomic E-state index is 12.9. The summed E-state index contributed by atoms with van der Waals surface area (Å²) in [7, 11) is 0. The van der Waals surface area contributed by atoms with Gasteiger partial charge in [-0.05, 0) is 43.2 Å². The highest BCUT2D eigenvalue weighted by molar-refractivity contribution is 5.93. The van der Waals surface area contributed by atoms with E-state index < -0.39 is 0 Å². The van der Waals surface area contributed by atoms with Gasteiger partial charge in [0.25, 0.3) is 0 Å². The molecule has 4 nitrogen and oxygen atoms in total. The minimum Gasteiger partial charge on any atom is -0.325 e. The maximum Gasteiger partial charge on any atom is 0.210 e. The van der Waals surface area contributed by atoms with E-state index in [0.717, 1.165) is 11.3 Å². The number of para-hydroxylation sites is 1. The van der Waals surface area contributed by atoms with Gasteiger partial charge in [-0.3, -0.25) is 5.43 Å². The summed E-state index contributed by atoms with van der Waals surface area (Å²) < 4.78 is 12.9. The molecule has 0 fully saturated rings. The third-order valence-corrected chi connectivity index (χ3v) is 2.97. The lowest BCUT2D eigenvalue weighted by atomic mass is 10.1. The van der Waals surface area contributed by atoms with Crippen LogP contribution < -0.4 is 16.6 Å². The number of nitrogens with two attached hydrogens (primary N) is 1. The van der Waals surface area contributed by atoms with E-state index in [0.29, 0.717) is 12.4 Å². The van der Waals surface area contributed by atoms with Crippen molar-refractivity contribution in [3.8, 4) is 0 Å². The zero-order chi connectivity index (χ0) is 15.1. The van der Waals surface area contributed by atoms with E-state index in [2.05, 4.69) is 15.7 Å². The fourth-order valence-electron chi connectivity index (χ4n) is 1.99. The molecule has 0 saturated carbocycles. The topological polar surface area (TPSA) is 62.4 Å². The van der Waals surface area contributed by atoms with Gasteiger partial charge >= 0.3 is 0 Å². The molecule has 0 saturated heterocycles. The second kappa shape index (κ2) is 7.40. The van der Waals surface area contributed by atoms with Gasteiger partial charge in [-0.25, -0.2) is 15.2 Å². The molecule has 2 aromatic carbocycles. The normalized spacial score (nSPS) is 12.8. The number of hydrogen-bond acceptors (Lipinski definition) is 2. The molecule has 1 atom stereocenters. The average Bonchev–Trinajstić information content (AvgIpc) is 2.50. The molecule has 2 rings (SSSR count). The molecule has 110 valence electrons. The predicted molar refractivity (Wildman–Crippen MR) is 84.4 cm³/mol. The minimum atomic E-state index is -0.232. The molecular formula is C16H19FN4. The largest absolute Gasteiger partial charge is 0.325 e. The maximum absolute atomic E-state index is 12.9. The van der Waals surface area contributed by atoms with Gasteiger partial charge in [-0.2, -0.15) is 0 Å². The lowest BCUT2D eigenvalue weighted by Gasteiger charge is -2.12. The molecule has 0 radical (unpaired) electrons. The molecule has 0 aromatic heterocycles. The minimum absolute atomic E-state index is 0.0118. The van der Waals surface area contributed by atoms with Gasteiger partial charge in [0.2, 0.25) is 5.96 Å². The standard InChI is InChI=1S/C16H19FN4/c1-12(11-13-7-9-14(17)10-8-13)19-16(21-18)20-15-5-3-2-4-6-15/h2-10,12H,11,18H2,1H3,(H2,19,20,21). The van der Waals surface area contributed by atoms with Crippen LogP contribution in [0.15, 0.2) is 59.6 Å². The monoisotopic (exact) mass is 286 g/mol. The van der Waals surface area contributed by atoms with Crippen LogP contribution in [0.2, 0.25) is 0 Å². The van der Waals surface area contributed by atoms with E-state index in [1.54, 1.807) is 12.1 Å². The third kappa shape index (κ3) is 4.89. The fraction of sp³-hybridized carbons (Fsp3) is 0.188. The van der Waals surface area contributed by atoms with Crippen LogP contribution >= 0.6 is 0 Å². The summed E-state index contributed by atoms with van der Waals surface area (Å²) >= 11 is 0. The molecule has 5 heteroatoms. The van der Waals surface area contributed by atoms with E-state index in [4.69, 9.17) is 5.84 Å². The van der Waals surface area contributed by atoms with E-state index in [9.17, 15) is 4.39 Å². The summed E-state index contributed by atoms with van der Waals surface area (Å²) in [5.41, 5.74) is 4.49. The highest BCUT2D eigenvalue weighted by Crippen LogP contribution is 2.09. The number of halogens is 1. The van der Waals surface area contributed by atoms with Crippen LogP contribution in [0.4, 0.5) is 10.1 Å². The lowest BCUT2D eigenvalue weighted by molar-refractivity contribution is 0.626. The number of guanidine groups is 1. The van der Waals surface area contributed by atoms with Gasteiger partial charge in [0.15, 0.2) is 0 Å². The van der Waals surface area contributed by atoms with Crippen molar-refractivity contribution in [1.82, 2.24) is 5.43 Å². The van der Waals surface area contributed by atoms with Gasteiger partial charge in [0.05, 0.1) is 6.04 Å². The first-order chi connectivity index (χ1) is 10.2. The van der Waals surface area contributed by atoms with Crippen LogP contribution in [0, 0.1) is 5.82 Å². The van der Waals surface area contributed by atoms with Gasteiger partial charge in [0, 0.05) is 5.69 Å². The number of nitrogens with zero attached hydrogens (tertiary/aromatic N) is 1. The highest BCUT2D eigenvalue weighted by Gasteiger charge is 2.05. The van der Waals surface area contributed by atoms with Gasteiger partial charge in [-0.15, -0.1) is 0 Å². The molecule has 0 heterocycles. The smallest absolute Gasteiger partial charge is 0.210 e. The zero-order valence-corrected chi connectivity index (χ0v) is 11.9. The van der Waals surface area contributed by atoms with Crippen molar-refractivity contribution in [3.63, 3.8) is 0 Å². The van der Waals surface area contributed by atoms with Crippen LogP contribution in [-0.4, -0.2) is 12.0 Å². The molecule has 0 aliphatic rings. The third-order valence-electron chi connectivity index (χ3n) is 2.97. The van der Waals surface area contributed by atoms with Crippen LogP contribution in [0.1, 0.15) is 12.5 Å². The summed E-state index contributed by atoms with van der Waals surface area (Å²) in [5, 5.41) is 3.11. The van der Waals surface area contributed by atoms with E-state index in [1.165, 1.54) is 12.1 Å².